The highest BCUT2D eigenvalue weighted by molar-refractivity contribution is 5.93. The van der Waals surface area contributed by atoms with Gasteiger partial charge in [0.15, 0.2) is 0 Å². The first-order valence-electron chi connectivity index (χ1n) is 6.22. The molecule has 0 saturated heterocycles. The van der Waals surface area contributed by atoms with Crippen molar-refractivity contribution in [3.63, 3.8) is 0 Å². The minimum Gasteiger partial charge on any atom is -0.370 e. The number of hydrogen-bond acceptors (Lipinski definition) is 5. The van der Waals surface area contributed by atoms with Crippen molar-refractivity contribution in [2.45, 2.75) is 13.8 Å². The van der Waals surface area contributed by atoms with Crippen LogP contribution in [0.25, 0.3) is 22.3 Å². The predicted octanol–water partition coefficient (Wildman–Crippen LogP) is 3.03. The minimum absolute atomic E-state index is 0.559. The summed E-state index contributed by atoms with van der Waals surface area (Å²) in [4.78, 5) is 8.83. The molecule has 0 radical (unpaired) electrons. The number of aromatic nitrogens is 3. The first kappa shape index (κ1) is 11.6. The topological polar surface area (TPSA) is 63.8 Å². The monoisotopic (exact) mass is 254 g/mol. The fraction of sp³-hybridized carbons (Fsp3) is 0.214. The largest absolute Gasteiger partial charge is 0.370 e. The Morgan fingerprint density at radius 2 is 2.05 bits per heavy atom. The van der Waals surface area contributed by atoms with Gasteiger partial charge >= 0.3 is 0 Å². The SMILES string of the molecule is CCNc1ccc2c(-c3noc(C)n3)cccc2n1. The lowest BCUT2D eigenvalue weighted by Gasteiger charge is -2.06. The average Bonchev–Trinajstić information content (AvgIpc) is 2.85. The number of pyridine rings is 1. The molecule has 0 aliphatic heterocycles. The summed E-state index contributed by atoms with van der Waals surface area (Å²) in [7, 11) is 0. The maximum Gasteiger partial charge on any atom is 0.223 e. The summed E-state index contributed by atoms with van der Waals surface area (Å²) in [5, 5.41) is 8.19. The second-order valence-corrected chi connectivity index (χ2v) is 4.24. The molecule has 2 aromatic heterocycles. The fourth-order valence-corrected chi connectivity index (χ4v) is 2.04. The van der Waals surface area contributed by atoms with Crippen molar-refractivity contribution in [3.8, 4) is 11.4 Å². The van der Waals surface area contributed by atoms with Crippen molar-refractivity contribution < 1.29 is 4.52 Å². The molecule has 19 heavy (non-hydrogen) atoms. The Bertz CT molecular complexity index is 720. The highest BCUT2D eigenvalue weighted by atomic mass is 16.5. The fourth-order valence-electron chi connectivity index (χ4n) is 2.04. The summed E-state index contributed by atoms with van der Waals surface area (Å²) in [6.07, 6.45) is 0. The van der Waals surface area contributed by atoms with Crippen LogP contribution in [0.1, 0.15) is 12.8 Å². The number of nitrogens with one attached hydrogen (secondary N) is 1. The normalized spacial score (nSPS) is 10.8. The first-order valence-corrected chi connectivity index (χ1v) is 6.22. The molecule has 0 saturated carbocycles. The number of nitrogens with zero attached hydrogens (tertiary/aromatic N) is 3. The zero-order chi connectivity index (χ0) is 13.2. The van der Waals surface area contributed by atoms with Crippen LogP contribution < -0.4 is 5.32 Å². The maximum atomic E-state index is 5.04. The summed E-state index contributed by atoms with van der Waals surface area (Å²) in [6, 6.07) is 9.89. The number of hydrogen-bond donors (Lipinski definition) is 1. The van der Waals surface area contributed by atoms with Crippen LogP contribution in [0.5, 0.6) is 0 Å². The molecule has 0 bridgehead atoms. The van der Waals surface area contributed by atoms with Crippen molar-refractivity contribution in [1.29, 1.82) is 0 Å². The molecular weight excluding hydrogens is 240 g/mol. The van der Waals surface area contributed by atoms with E-state index in [2.05, 4.69) is 20.4 Å². The smallest absolute Gasteiger partial charge is 0.223 e. The summed E-state index contributed by atoms with van der Waals surface area (Å²) in [5.74, 6) is 2.03. The van der Waals surface area contributed by atoms with E-state index in [1.54, 1.807) is 6.92 Å². The van der Waals surface area contributed by atoms with Gasteiger partial charge in [-0.1, -0.05) is 17.3 Å². The molecule has 0 unspecified atom stereocenters. The summed E-state index contributed by atoms with van der Waals surface area (Å²) in [5.41, 5.74) is 1.85. The van der Waals surface area contributed by atoms with E-state index in [1.807, 2.05) is 37.3 Å². The van der Waals surface area contributed by atoms with Crippen molar-refractivity contribution in [2.75, 3.05) is 11.9 Å². The number of rotatable bonds is 3. The van der Waals surface area contributed by atoms with E-state index in [4.69, 9.17) is 4.52 Å². The van der Waals surface area contributed by atoms with Crippen LogP contribution in [0, 0.1) is 6.92 Å². The molecule has 0 atom stereocenters. The molecule has 1 N–H and O–H groups in total. The van der Waals surface area contributed by atoms with Crippen LogP contribution in [0.15, 0.2) is 34.9 Å². The van der Waals surface area contributed by atoms with E-state index < -0.39 is 0 Å². The molecule has 0 aliphatic carbocycles. The molecule has 0 amide bonds. The third-order valence-electron chi connectivity index (χ3n) is 2.86. The van der Waals surface area contributed by atoms with Crippen LogP contribution in [0.3, 0.4) is 0 Å². The van der Waals surface area contributed by atoms with Crippen molar-refractivity contribution in [3.05, 3.63) is 36.2 Å². The van der Waals surface area contributed by atoms with E-state index in [1.165, 1.54) is 0 Å². The van der Waals surface area contributed by atoms with Gasteiger partial charge in [0.25, 0.3) is 0 Å². The van der Waals surface area contributed by atoms with Gasteiger partial charge in [0.05, 0.1) is 5.52 Å². The summed E-state index contributed by atoms with van der Waals surface area (Å²) < 4.78 is 5.04. The Hall–Kier alpha value is -2.43. The van der Waals surface area contributed by atoms with E-state index in [9.17, 15) is 0 Å². The third kappa shape index (κ3) is 2.14. The second kappa shape index (κ2) is 4.68. The van der Waals surface area contributed by atoms with Crippen LogP contribution >= 0.6 is 0 Å². The molecule has 3 aromatic rings. The predicted molar refractivity (Wildman–Crippen MR) is 73.9 cm³/mol. The van der Waals surface area contributed by atoms with Gasteiger partial charge in [-0.2, -0.15) is 4.98 Å². The highest BCUT2D eigenvalue weighted by Crippen LogP contribution is 2.26. The molecule has 5 nitrogen and oxygen atoms in total. The van der Waals surface area contributed by atoms with Gasteiger partial charge in [-0.25, -0.2) is 4.98 Å². The van der Waals surface area contributed by atoms with Crippen molar-refractivity contribution in [2.24, 2.45) is 0 Å². The van der Waals surface area contributed by atoms with Gasteiger partial charge in [-0.15, -0.1) is 0 Å². The van der Waals surface area contributed by atoms with Crippen LogP contribution in [-0.2, 0) is 0 Å². The third-order valence-corrected chi connectivity index (χ3v) is 2.86. The molecule has 3 rings (SSSR count). The van der Waals surface area contributed by atoms with Crippen molar-refractivity contribution >= 4 is 16.7 Å². The van der Waals surface area contributed by atoms with E-state index in [-0.39, 0.29) is 0 Å². The summed E-state index contributed by atoms with van der Waals surface area (Å²) in [6.45, 7) is 4.68. The average molecular weight is 254 g/mol. The number of anilines is 1. The zero-order valence-electron chi connectivity index (χ0n) is 10.8. The highest BCUT2D eigenvalue weighted by Gasteiger charge is 2.10. The lowest BCUT2D eigenvalue weighted by Crippen LogP contribution is -1.99. The van der Waals surface area contributed by atoms with Crippen LogP contribution in [0.2, 0.25) is 0 Å². The first-order chi connectivity index (χ1) is 9.28. The number of fused-ring (bicyclic) bond motifs is 1. The Morgan fingerprint density at radius 3 is 2.79 bits per heavy atom. The lowest BCUT2D eigenvalue weighted by molar-refractivity contribution is 0.394. The lowest BCUT2D eigenvalue weighted by atomic mass is 10.1. The minimum atomic E-state index is 0.559. The molecular formula is C14H14N4O. The Morgan fingerprint density at radius 1 is 1.16 bits per heavy atom. The number of aryl methyl sites for hydroxylation is 1. The molecule has 0 fully saturated rings. The van der Waals surface area contributed by atoms with Crippen LogP contribution in [0.4, 0.5) is 5.82 Å². The van der Waals surface area contributed by atoms with E-state index in [0.29, 0.717) is 11.7 Å². The van der Waals surface area contributed by atoms with E-state index in [0.717, 1.165) is 28.8 Å². The van der Waals surface area contributed by atoms with Crippen LogP contribution in [-0.4, -0.2) is 21.7 Å². The van der Waals surface area contributed by atoms with Gasteiger partial charge in [0, 0.05) is 24.4 Å². The molecule has 0 aliphatic rings. The van der Waals surface area contributed by atoms with Gasteiger partial charge in [0.2, 0.25) is 11.7 Å². The quantitative estimate of drug-likeness (QED) is 0.778. The van der Waals surface area contributed by atoms with Gasteiger partial charge in [-0.05, 0) is 25.1 Å². The molecule has 1 aromatic carbocycles. The number of benzene rings is 1. The molecule has 2 heterocycles. The standard InChI is InChI=1S/C14H14N4O/c1-3-15-13-8-7-10-11(5-4-6-12(10)17-13)14-16-9(2)19-18-14/h4-8H,3H2,1-2H3,(H,15,17). The molecule has 0 spiro atoms. The second-order valence-electron chi connectivity index (χ2n) is 4.24. The van der Waals surface area contributed by atoms with Crippen molar-refractivity contribution in [1.82, 2.24) is 15.1 Å². The van der Waals surface area contributed by atoms with Gasteiger partial charge in [0.1, 0.15) is 5.82 Å². The maximum absolute atomic E-state index is 5.04. The Labute approximate surface area is 110 Å². The zero-order valence-corrected chi connectivity index (χ0v) is 10.8. The molecule has 5 heteroatoms. The van der Waals surface area contributed by atoms with Gasteiger partial charge < -0.3 is 9.84 Å². The Balaban J connectivity index is 2.16. The van der Waals surface area contributed by atoms with Gasteiger partial charge in [-0.3, -0.25) is 0 Å². The summed E-state index contributed by atoms with van der Waals surface area (Å²) >= 11 is 0. The molecule has 96 valence electrons. The Kier molecular flexibility index (Phi) is 2.87. The van der Waals surface area contributed by atoms with E-state index >= 15 is 0 Å².